The van der Waals surface area contributed by atoms with Crippen LogP contribution < -0.4 is 21.3 Å². The summed E-state index contributed by atoms with van der Waals surface area (Å²) in [6.07, 6.45) is 1.29. The lowest BCUT2D eigenvalue weighted by molar-refractivity contribution is -0.143. The zero-order valence-electron chi connectivity index (χ0n) is 25.7. The Bertz CT molecular complexity index is 1030. The number of amides is 4. The molecule has 4 N–H and O–H groups in total. The van der Waals surface area contributed by atoms with E-state index in [2.05, 4.69) is 27.8 Å². The summed E-state index contributed by atoms with van der Waals surface area (Å²) < 4.78 is 10.0. The summed E-state index contributed by atoms with van der Waals surface area (Å²) in [4.78, 5) is 63.5. The summed E-state index contributed by atoms with van der Waals surface area (Å²) in [5.41, 5.74) is 0.838. The first-order valence-electron chi connectivity index (χ1n) is 14.5. The van der Waals surface area contributed by atoms with E-state index in [1.165, 1.54) is 0 Å². The average Bonchev–Trinajstić information content (AvgIpc) is 2.90. The van der Waals surface area contributed by atoms with Gasteiger partial charge in [0.2, 0.25) is 17.7 Å². The Kier molecular flexibility index (Phi) is 16.6. The average molecular weight is 589 g/mol. The highest BCUT2D eigenvalue weighted by Crippen LogP contribution is 2.12. The highest BCUT2D eigenvalue weighted by atomic mass is 16.5. The summed E-state index contributed by atoms with van der Waals surface area (Å²) in [6, 6.07) is 6.46. The van der Waals surface area contributed by atoms with Gasteiger partial charge in [-0.25, -0.2) is 9.59 Å². The van der Waals surface area contributed by atoms with Crippen LogP contribution in [-0.4, -0.2) is 54.5 Å². The molecule has 0 saturated carbocycles. The molecule has 0 bridgehead atoms. The summed E-state index contributed by atoms with van der Waals surface area (Å²) in [7, 11) is 0. The molecule has 0 spiro atoms. The maximum atomic E-state index is 13.3. The maximum absolute atomic E-state index is 13.3. The van der Waals surface area contributed by atoms with Crippen molar-refractivity contribution in [1.82, 2.24) is 21.3 Å². The van der Waals surface area contributed by atoms with E-state index < -0.39 is 47.9 Å². The zero-order chi connectivity index (χ0) is 31.7. The summed E-state index contributed by atoms with van der Waals surface area (Å²) in [5, 5.41) is 10.7. The first kappa shape index (κ1) is 36.1. The van der Waals surface area contributed by atoms with Gasteiger partial charge in [-0.1, -0.05) is 78.5 Å². The minimum atomic E-state index is -0.934. The zero-order valence-corrected chi connectivity index (χ0v) is 25.7. The van der Waals surface area contributed by atoms with Crippen molar-refractivity contribution >= 4 is 29.8 Å². The smallest absolute Gasteiger partial charge is 0.407 e. The fraction of sp³-hybridized carbons (Fsp3) is 0.581. The number of esters is 1. The number of alkyl carbamates (subject to hydrolysis) is 1. The second-order valence-corrected chi connectivity index (χ2v) is 11.5. The van der Waals surface area contributed by atoms with Gasteiger partial charge in [0.05, 0.1) is 6.26 Å². The molecule has 1 aromatic carbocycles. The molecule has 42 heavy (non-hydrogen) atoms. The van der Waals surface area contributed by atoms with E-state index in [0.717, 1.165) is 11.8 Å². The molecule has 0 unspecified atom stereocenters. The van der Waals surface area contributed by atoms with Crippen LogP contribution in [0, 0.1) is 17.8 Å². The molecule has 1 aromatic rings. The number of carbonyl (C=O) groups excluding carboxylic acids is 5. The van der Waals surface area contributed by atoms with Crippen LogP contribution in [0.2, 0.25) is 0 Å². The number of hydrogen-bond donors (Lipinski definition) is 4. The van der Waals surface area contributed by atoms with Crippen LogP contribution in [0.25, 0.3) is 0 Å². The monoisotopic (exact) mass is 588 g/mol. The Morgan fingerprint density at radius 2 is 1.26 bits per heavy atom. The van der Waals surface area contributed by atoms with Gasteiger partial charge in [-0.15, -0.1) is 0 Å². The van der Waals surface area contributed by atoms with Gasteiger partial charge in [0, 0.05) is 13.0 Å². The number of nitrogens with one attached hydrogen (secondary N) is 4. The normalized spacial score (nSPS) is 13.1. The van der Waals surface area contributed by atoms with Crippen molar-refractivity contribution in [2.24, 2.45) is 17.8 Å². The summed E-state index contributed by atoms with van der Waals surface area (Å²) in [5.74, 6) is -1.89. The van der Waals surface area contributed by atoms with Gasteiger partial charge in [0.25, 0.3) is 0 Å². The molecule has 0 heterocycles. The van der Waals surface area contributed by atoms with Crippen molar-refractivity contribution in [3.63, 3.8) is 0 Å². The molecule has 0 fully saturated rings. The molecule has 0 aliphatic heterocycles. The van der Waals surface area contributed by atoms with Gasteiger partial charge >= 0.3 is 12.1 Å². The molecule has 234 valence electrons. The Labute approximate surface area is 249 Å². The molecule has 0 radical (unpaired) electrons. The highest BCUT2D eigenvalue weighted by Gasteiger charge is 2.31. The van der Waals surface area contributed by atoms with Gasteiger partial charge in [0.15, 0.2) is 0 Å². The number of ether oxygens (including phenoxy) is 2. The van der Waals surface area contributed by atoms with E-state index in [9.17, 15) is 24.0 Å². The standard InChI is InChI=1S/C31H48N4O7/c1-8-41-30(39)26(18-22(6)7)35-29(38)25(17-21(4)5)34-28(37)24(16-20(2)3)33-27(36)14-15-32-31(40)42-19-23-12-10-9-11-13-23/h8-13,20-22,24-26H,1,14-19H2,2-7H3,(H,32,40)(H,33,36)(H,34,37)(H,35,38)/t24-,25-,26-/m0/s1. The third-order valence-electron chi connectivity index (χ3n) is 6.04. The van der Waals surface area contributed by atoms with E-state index in [4.69, 9.17) is 9.47 Å². The third-order valence-corrected chi connectivity index (χ3v) is 6.04. The lowest BCUT2D eigenvalue weighted by atomic mass is 9.99. The Morgan fingerprint density at radius 3 is 1.79 bits per heavy atom. The minimum Gasteiger partial charge on any atom is -0.445 e. The van der Waals surface area contributed by atoms with Crippen LogP contribution >= 0.6 is 0 Å². The Balaban J connectivity index is 2.79. The quantitative estimate of drug-likeness (QED) is 0.151. The van der Waals surface area contributed by atoms with Crippen LogP contribution in [0.5, 0.6) is 0 Å². The predicted octanol–water partition coefficient (Wildman–Crippen LogP) is 3.58. The first-order chi connectivity index (χ1) is 19.8. The highest BCUT2D eigenvalue weighted by molar-refractivity contribution is 5.93. The van der Waals surface area contributed by atoms with E-state index >= 15 is 0 Å². The maximum Gasteiger partial charge on any atom is 0.407 e. The van der Waals surface area contributed by atoms with Crippen molar-refractivity contribution in [1.29, 1.82) is 0 Å². The largest absolute Gasteiger partial charge is 0.445 e. The molecule has 1 rings (SSSR count). The fourth-order valence-electron chi connectivity index (χ4n) is 4.12. The topological polar surface area (TPSA) is 152 Å². The number of rotatable bonds is 18. The predicted molar refractivity (Wildman–Crippen MR) is 160 cm³/mol. The van der Waals surface area contributed by atoms with E-state index in [-0.39, 0.29) is 37.3 Å². The van der Waals surface area contributed by atoms with Gasteiger partial charge < -0.3 is 30.7 Å². The molecule has 0 aliphatic carbocycles. The minimum absolute atomic E-state index is 0.0197. The summed E-state index contributed by atoms with van der Waals surface area (Å²) >= 11 is 0. The van der Waals surface area contributed by atoms with Crippen LogP contribution in [0.15, 0.2) is 43.2 Å². The van der Waals surface area contributed by atoms with E-state index in [1.807, 2.05) is 71.9 Å². The molecule has 0 aromatic heterocycles. The van der Waals surface area contributed by atoms with Gasteiger partial charge in [-0.3, -0.25) is 14.4 Å². The van der Waals surface area contributed by atoms with Crippen molar-refractivity contribution in [3.05, 3.63) is 48.7 Å². The van der Waals surface area contributed by atoms with E-state index in [0.29, 0.717) is 19.3 Å². The second kappa shape index (κ2) is 19.3. The van der Waals surface area contributed by atoms with Crippen molar-refractivity contribution in [2.45, 2.75) is 92.0 Å². The first-order valence-corrected chi connectivity index (χ1v) is 14.5. The lowest BCUT2D eigenvalue weighted by Crippen LogP contribution is -2.56. The number of carbonyl (C=O) groups is 5. The molecule has 11 nitrogen and oxygen atoms in total. The van der Waals surface area contributed by atoms with Gasteiger partial charge in [-0.2, -0.15) is 0 Å². The molecular weight excluding hydrogens is 540 g/mol. The Morgan fingerprint density at radius 1 is 0.762 bits per heavy atom. The van der Waals surface area contributed by atoms with Crippen molar-refractivity contribution in [3.8, 4) is 0 Å². The number of benzene rings is 1. The van der Waals surface area contributed by atoms with Crippen molar-refractivity contribution in [2.75, 3.05) is 6.54 Å². The van der Waals surface area contributed by atoms with Crippen LogP contribution in [-0.2, 0) is 35.3 Å². The molecule has 11 heteroatoms. The molecule has 4 amide bonds. The SMILES string of the molecule is C=COC(=O)[C@H](CC(C)C)NC(=O)[C@H](CC(C)C)NC(=O)[C@H](CC(C)C)NC(=O)CCNC(=O)OCc1ccccc1. The van der Waals surface area contributed by atoms with E-state index in [1.54, 1.807) is 0 Å². The lowest BCUT2D eigenvalue weighted by Gasteiger charge is -2.27. The number of hydrogen-bond acceptors (Lipinski definition) is 7. The van der Waals surface area contributed by atoms with Crippen LogP contribution in [0.4, 0.5) is 4.79 Å². The molecule has 3 atom stereocenters. The molecule has 0 aliphatic rings. The summed E-state index contributed by atoms with van der Waals surface area (Å²) in [6.45, 7) is 15.0. The van der Waals surface area contributed by atoms with Crippen molar-refractivity contribution < 1.29 is 33.4 Å². The second-order valence-electron chi connectivity index (χ2n) is 11.5. The fourth-order valence-corrected chi connectivity index (χ4v) is 4.12. The molecular formula is C31H48N4O7. The van der Waals surface area contributed by atoms with Gasteiger partial charge in [-0.05, 0) is 42.6 Å². The van der Waals surface area contributed by atoms with Crippen LogP contribution in [0.1, 0.15) is 72.8 Å². The van der Waals surface area contributed by atoms with Crippen LogP contribution in [0.3, 0.4) is 0 Å². The third kappa shape index (κ3) is 15.2. The molecule has 0 saturated heterocycles. The Hall–Kier alpha value is -3.89. The van der Waals surface area contributed by atoms with Gasteiger partial charge in [0.1, 0.15) is 24.7 Å².